The largest absolute Gasteiger partial charge is 0.444 e. The molecule has 0 spiro atoms. The Morgan fingerprint density at radius 1 is 0.884 bits per heavy atom. The molecule has 238 valence electrons. The van der Waals surface area contributed by atoms with E-state index in [4.69, 9.17) is 4.74 Å². The Kier molecular flexibility index (Phi) is 14.7. The van der Waals surface area contributed by atoms with Crippen molar-refractivity contribution >= 4 is 17.9 Å². The van der Waals surface area contributed by atoms with Crippen molar-refractivity contribution in [3.8, 4) is 0 Å². The molecule has 2 N–H and O–H groups in total. The van der Waals surface area contributed by atoms with Crippen LogP contribution in [0.3, 0.4) is 0 Å². The van der Waals surface area contributed by atoms with E-state index < -0.39 is 23.8 Å². The van der Waals surface area contributed by atoms with Crippen molar-refractivity contribution in [2.45, 2.75) is 125 Å². The highest BCUT2D eigenvalue weighted by Crippen LogP contribution is 2.27. The predicted molar refractivity (Wildman–Crippen MR) is 175 cm³/mol. The summed E-state index contributed by atoms with van der Waals surface area (Å²) in [6.07, 6.45) is 6.10. The lowest BCUT2D eigenvalue weighted by atomic mass is 9.96. The lowest BCUT2D eigenvalue weighted by molar-refractivity contribution is -0.143. The van der Waals surface area contributed by atoms with Crippen LogP contribution in [0.2, 0.25) is 0 Å². The van der Waals surface area contributed by atoms with Gasteiger partial charge in [-0.25, -0.2) is 4.79 Å². The summed E-state index contributed by atoms with van der Waals surface area (Å²) in [6.45, 7) is 16.4. The molecule has 2 aromatic rings. The van der Waals surface area contributed by atoms with Crippen molar-refractivity contribution in [1.29, 1.82) is 0 Å². The third-order valence-electron chi connectivity index (χ3n) is 7.45. The molecule has 0 aliphatic carbocycles. The Bertz CT molecular complexity index is 1160. The molecule has 3 amide bonds. The molecule has 7 heteroatoms. The number of nitrogens with zero attached hydrogens (tertiary/aromatic N) is 1. The van der Waals surface area contributed by atoms with Gasteiger partial charge in [-0.1, -0.05) is 101 Å². The number of amides is 3. The minimum atomic E-state index is -0.846. The average Bonchev–Trinajstić information content (AvgIpc) is 2.93. The molecule has 2 aromatic carbocycles. The second kappa shape index (κ2) is 17.7. The number of carbonyl (C=O) groups is 3. The topological polar surface area (TPSA) is 87.7 Å². The van der Waals surface area contributed by atoms with Crippen molar-refractivity contribution in [3.63, 3.8) is 0 Å². The molecule has 0 aliphatic heterocycles. The maximum absolute atomic E-state index is 14.5. The lowest BCUT2D eigenvalue weighted by Gasteiger charge is -2.35. The van der Waals surface area contributed by atoms with E-state index in [9.17, 15) is 14.4 Å². The molecule has 0 bridgehead atoms. The molecule has 0 aliphatic rings. The smallest absolute Gasteiger partial charge is 0.408 e. The molecule has 0 heterocycles. The van der Waals surface area contributed by atoms with E-state index in [1.54, 1.807) is 25.7 Å². The van der Waals surface area contributed by atoms with E-state index >= 15 is 0 Å². The van der Waals surface area contributed by atoms with Crippen LogP contribution >= 0.6 is 0 Å². The van der Waals surface area contributed by atoms with Gasteiger partial charge in [0, 0.05) is 13.1 Å². The Labute approximate surface area is 260 Å². The van der Waals surface area contributed by atoms with E-state index in [-0.39, 0.29) is 17.7 Å². The summed E-state index contributed by atoms with van der Waals surface area (Å²) in [7, 11) is 0. The maximum atomic E-state index is 14.5. The van der Waals surface area contributed by atoms with Crippen LogP contribution in [0, 0.1) is 19.8 Å². The zero-order chi connectivity index (χ0) is 32.0. The number of benzene rings is 2. The summed E-state index contributed by atoms with van der Waals surface area (Å²) in [5, 5.41) is 5.93. The number of carbonyl (C=O) groups excluding carboxylic acids is 3. The van der Waals surface area contributed by atoms with Crippen LogP contribution in [-0.2, 0) is 20.9 Å². The fraction of sp³-hybridized carbons (Fsp3) is 0.583. The van der Waals surface area contributed by atoms with Crippen LogP contribution in [0.25, 0.3) is 0 Å². The number of aryl methyl sites for hydroxylation is 2. The molecule has 2 rings (SSSR count). The normalized spacial score (nSPS) is 12.9. The van der Waals surface area contributed by atoms with E-state index in [0.717, 1.165) is 54.4 Å². The van der Waals surface area contributed by atoms with Gasteiger partial charge in [-0.05, 0) is 75.6 Å². The van der Waals surface area contributed by atoms with Gasteiger partial charge >= 0.3 is 6.09 Å². The van der Waals surface area contributed by atoms with Crippen LogP contribution < -0.4 is 10.6 Å². The first-order valence-corrected chi connectivity index (χ1v) is 16.0. The molecule has 0 aromatic heterocycles. The Morgan fingerprint density at radius 3 is 2.14 bits per heavy atom. The third-order valence-corrected chi connectivity index (χ3v) is 7.45. The van der Waals surface area contributed by atoms with E-state index in [0.29, 0.717) is 19.5 Å². The lowest BCUT2D eigenvalue weighted by Crippen LogP contribution is -2.53. The van der Waals surface area contributed by atoms with Crippen LogP contribution in [0.5, 0.6) is 0 Å². The van der Waals surface area contributed by atoms with Crippen molar-refractivity contribution in [3.05, 3.63) is 70.8 Å². The van der Waals surface area contributed by atoms with Crippen molar-refractivity contribution in [1.82, 2.24) is 15.5 Å². The zero-order valence-electron chi connectivity index (χ0n) is 27.8. The first-order valence-electron chi connectivity index (χ1n) is 16.0. The van der Waals surface area contributed by atoms with E-state index in [2.05, 4.69) is 17.6 Å². The highest BCUT2D eigenvalue weighted by atomic mass is 16.6. The molecule has 43 heavy (non-hydrogen) atoms. The predicted octanol–water partition coefficient (Wildman–Crippen LogP) is 7.79. The average molecular weight is 594 g/mol. The molecule has 0 fully saturated rings. The van der Waals surface area contributed by atoms with Crippen LogP contribution in [0.4, 0.5) is 4.79 Å². The third kappa shape index (κ3) is 12.8. The first kappa shape index (κ1) is 35.8. The highest BCUT2D eigenvalue weighted by Gasteiger charge is 2.36. The second-order valence-electron chi connectivity index (χ2n) is 13.1. The molecule has 0 saturated carbocycles. The monoisotopic (exact) mass is 593 g/mol. The molecular formula is C36H55N3O4. The summed E-state index contributed by atoms with van der Waals surface area (Å²) in [6, 6.07) is 14.0. The van der Waals surface area contributed by atoms with Gasteiger partial charge in [0.15, 0.2) is 0 Å². The van der Waals surface area contributed by atoms with Gasteiger partial charge in [0.2, 0.25) is 11.8 Å². The summed E-state index contributed by atoms with van der Waals surface area (Å²) >= 11 is 0. The number of nitrogens with one attached hydrogen (secondary N) is 2. The highest BCUT2D eigenvalue weighted by molar-refractivity contribution is 5.92. The summed E-state index contributed by atoms with van der Waals surface area (Å²) in [5.74, 6) is -0.384. The second-order valence-corrected chi connectivity index (χ2v) is 13.1. The molecule has 0 radical (unpaired) electrons. The molecular weight excluding hydrogens is 538 g/mol. The molecule has 2 unspecified atom stereocenters. The summed E-state index contributed by atoms with van der Waals surface area (Å²) in [5.41, 5.74) is 3.20. The summed E-state index contributed by atoms with van der Waals surface area (Å²) < 4.78 is 5.52. The van der Waals surface area contributed by atoms with Crippen molar-refractivity contribution in [2.75, 3.05) is 6.54 Å². The number of alkyl carbamates (subject to hydrolysis) is 1. The van der Waals surface area contributed by atoms with Gasteiger partial charge in [0.05, 0.1) is 0 Å². The molecule has 7 nitrogen and oxygen atoms in total. The van der Waals surface area contributed by atoms with Crippen LogP contribution in [0.15, 0.2) is 48.5 Å². The zero-order valence-corrected chi connectivity index (χ0v) is 27.8. The first-order chi connectivity index (χ1) is 20.3. The minimum Gasteiger partial charge on any atom is -0.444 e. The standard InChI is InChI=1S/C36H55N3O4/c1-9-10-11-12-13-17-22-39(34(41)31(23-26(2)3)38-35(42)43-36(6,7)8)32(30-21-20-27(4)28(5)24-30)33(40)37-25-29-18-15-14-16-19-29/h14-16,18-21,24,26,31-32H,9-13,17,22-23,25H2,1-8H3,(H,37,40)(H,38,42). The van der Waals surface area contributed by atoms with E-state index in [1.165, 1.54) is 6.42 Å². The Balaban J connectivity index is 2.49. The number of hydrogen-bond donors (Lipinski definition) is 2. The Morgan fingerprint density at radius 2 is 1.53 bits per heavy atom. The molecule has 0 saturated heterocycles. The van der Waals surface area contributed by atoms with Gasteiger partial charge in [-0.3, -0.25) is 9.59 Å². The minimum absolute atomic E-state index is 0.131. The van der Waals surface area contributed by atoms with Crippen molar-refractivity contribution in [2.24, 2.45) is 5.92 Å². The quantitative estimate of drug-likeness (QED) is 0.195. The number of hydrogen-bond acceptors (Lipinski definition) is 4. The molecule has 2 atom stereocenters. The fourth-order valence-electron chi connectivity index (χ4n) is 5.06. The van der Waals surface area contributed by atoms with Crippen molar-refractivity contribution < 1.29 is 19.1 Å². The SMILES string of the molecule is CCCCCCCCN(C(=O)C(CC(C)C)NC(=O)OC(C)(C)C)C(C(=O)NCc1ccccc1)c1ccc(C)c(C)c1. The number of ether oxygens (including phenoxy) is 1. The van der Waals surface area contributed by atoms with Gasteiger partial charge < -0.3 is 20.3 Å². The van der Waals surface area contributed by atoms with E-state index in [1.807, 2.05) is 76.2 Å². The summed E-state index contributed by atoms with van der Waals surface area (Å²) in [4.78, 5) is 43.1. The van der Waals surface area contributed by atoms with Gasteiger partial charge in [-0.15, -0.1) is 0 Å². The van der Waals surface area contributed by atoms with Gasteiger partial charge in [0.1, 0.15) is 17.7 Å². The van der Waals surface area contributed by atoms with Gasteiger partial charge in [-0.2, -0.15) is 0 Å². The number of unbranched alkanes of at least 4 members (excludes halogenated alkanes) is 5. The Hall–Kier alpha value is -3.35. The number of rotatable bonds is 16. The van der Waals surface area contributed by atoms with Gasteiger partial charge in [0.25, 0.3) is 0 Å². The maximum Gasteiger partial charge on any atom is 0.408 e. The van der Waals surface area contributed by atoms with Crippen LogP contribution in [-0.4, -0.2) is 41.0 Å². The van der Waals surface area contributed by atoms with Crippen LogP contribution in [0.1, 0.15) is 115 Å². The fourth-order valence-corrected chi connectivity index (χ4v) is 5.06.